The van der Waals surface area contributed by atoms with E-state index < -0.39 is 0 Å². The van der Waals surface area contributed by atoms with Gasteiger partial charge in [-0.2, -0.15) is 0 Å². The highest BCUT2D eigenvalue weighted by molar-refractivity contribution is 6.03. The second-order valence-electron chi connectivity index (χ2n) is 5.72. The van der Waals surface area contributed by atoms with Crippen LogP contribution in [0.15, 0.2) is 61.2 Å². The molecule has 0 aliphatic heterocycles. The molecule has 8 heteroatoms. The average Bonchev–Trinajstić information content (AvgIpc) is 2.67. The number of nitrogens with zero attached hydrogens (tertiary/aromatic N) is 3. The number of carbonyl (C=O) groups is 2. The highest BCUT2D eigenvalue weighted by Crippen LogP contribution is 2.16. The molecule has 27 heavy (non-hydrogen) atoms. The molecule has 0 aliphatic rings. The lowest BCUT2D eigenvalue weighted by molar-refractivity contribution is -0.114. The summed E-state index contributed by atoms with van der Waals surface area (Å²) >= 11 is 0. The molecular formula is C19H18N6O2. The molecule has 3 rings (SSSR count). The fraction of sp³-hybridized carbons (Fsp3) is 0.105. The van der Waals surface area contributed by atoms with Crippen molar-refractivity contribution in [3.05, 3.63) is 72.4 Å². The molecule has 8 nitrogen and oxygen atoms in total. The van der Waals surface area contributed by atoms with E-state index in [0.29, 0.717) is 23.7 Å². The van der Waals surface area contributed by atoms with E-state index in [2.05, 4.69) is 30.9 Å². The van der Waals surface area contributed by atoms with Crippen molar-refractivity contribution in [2.45, 2.75) is 13.5 Å². The van der Waals surface area contributed by atoms with E-state index in [1.54, 1.807) is 36.7 Å². The lowest BCUT2D eigenvalue weighted by Gasteiger charge is -2.08. The highest BCUT2D eigenvalue weighted by atomic mass is 16.2. The highest BCUT2D eigenvalue weighted by Gasteiger charge is 2.09. The molecule has 2 aromatic heterocycles. The predicted molar refractivity (Wildman–Crippen MR) is 102 cm³/mol. The summed E-state index contributed by atoms with van der Waals surface area (Å²) in [5, 5.41) is 8.51. The zero-order valence-corrected chi connectivity index (χ0v) is 14.6. The van der Waals surface area contributed by atoms with Crippen molar-refractivity contribution in [3.8, 4) is 0 Å². The Balaban J connectivity index is 1.59. The lowest BCUT2D eigenvalue weighted by atomic mass is 10.2. The van der Waals surface area contributed by atoms with Crippen molar-refractivity contribution in [1.29, 1.82) is 0 Å². The van der Waals surface area contributed by atoms with Crippen LogP contribution in [0.3, 0.4) is 0 Å². The minimum atomic E-state index is -0.388. The number of aromatic nitrogens is 3. The molecule has 136 valence electrons. The van der Waals surface area contributed by atoms with Gasteiger partial charge in [0.25, 0.3) is 5.91 Å². The molecule has 0 atom stereocenters. The zero-order valence-electron chi connectivity index (χ0n) is 14.6. The summed E-state index contributed by atoms with van der Waals surface area (Å²) in [6.07, 6.45) is 6.37. The fourth-order valence-electron chi connectivity index (χ4n) is 2.30. The van der Waals surface area contributed by atoms with Crippen molar-refractivity contribution >= 4 is 29.0 Å². The van der Waals surface area contributed by atoms with E-state index in [1.807, 2.05) is 12.1 Å². The molecule has 2 amide bonds. The van der Waals surface area contributed by atoms with Gasteiger partial charge >= 0.3 is 0 Å². The normalized spacial score (nSPS) is 10.1. The first-order valence-electron chi connectivity index (χ1n) is 8.24. The second-order valence-corrected chi connectivity index (χ2v) is 5.72. The van der Waals surface area contributed by atoms with Crippen molar-refractivity contribution < 1.29 is 9.59 Å². The summed E-state index contributed by atoms with van der Waals surface area (Å²) in [6.45, 7) is 1.98. The Morgan fingerprint density at radius 2 is 1.78 bits per heavy atom. The van der Waals surface area contributed by atoms with Gasteiger partial charge in [-0.3, -0.25) is 14.6 Å². The van der Waals surface area contributed by atoms with E-state index in [-0.39, 0.29) is 17.5 Å². The topological polar surface area (TPSA) is 109 Å². The number of carbonyl (C=O) groups excluding carboxylic acids is 2. The van der Waals surface area contributed by atoms with Gasteiger partial charge in [0.2, 0.25) is 5.91 Å². The molecule has 0 saturated heterocycles. The summed E-state index contributed by atoms with van der Waals surface area (Å²) in [7, 11) is 0. The van der Waals surface area contributed by atoms with E-state index >= 15 is 0 Å². The zero-order chi connectivity index (χ0) is 19.1. The molecule has 0 bridgehead atoms. The number of rotatable bonds is 6. The summed E-state index contributed by atoms with van der Waals surface area (Å²) in [4.78, 5) is 35.8. The molecule has 3 N–H and O–H groups in total. The van der Waals surface area contributed by atoms with Gasteiger partial charge in [-0.1, -0.05) is 12.1 Å². The first kappa shape index (κ1) is 18.0. The van der Waals surface area contributed by atoms with Gasteiger partial charge in [0.15, 0.2) is 0 Å². The molecule has 0 saturated carbocycles. The van der Waals surface area contributed by atoms with Crippen LogP contribution in [0, 0.1) is 0 Å². The van der Waals surface area contributed by atoms with Gasteiger partial charge in [0.05, 0.1) is 12.4 Å². The van der Waals surface area contributed by atoms with Crippen LogP contribution in [0.1, 0.15) is 23.0 Å². The number of hydrogen-bond acceptors (Lipinski definition) is 6. The molecule has 0 aliphatic carbocycles. The lowest BCUT2D eigenvalue weighted by Crippen LogP contribution is -2.15. The number of nitrogens with one attached hydrogen (secondary N) is 3. The molecule has 0 fully saturated rings. The Labute approximate surface area is 156 Å². The predicted octanol–water partition coefficient (Wildman–Crippen LogP) is 2.69. The van der Waals surface area contributed by atoms with Gasteiger partial charge in [-0.25, -0.2) is 9.97 Å². The Morgan fingerprint density at radius 3 is 2.44 bits per heavy atom. The van der Waals surface area contributed by atoms with Crippen LogP contribution in [-0.4, -0.2) is 26.8 Å². The number of anilines is 3. The first-order chi connectivity index (χ1) is 13.1. The SMILES string of the molecule is CC(=O)Nc1cccc(NC(=O)c2cnc(NCc3cccnc3)cn2)c1. The van der Waals surface area contributed by atoms with Crippen molar-refractivity contribution in [2.75, 3.05) is 16.0 Å². The molecule has 3 aromatic rings. The number of hydrogen-bond donors (Lipinski definition) is 3. The summed E-state index contributed by atoms with van der Waals surface area (Å²) < 4.78 is 0. The summed E-state index contributed by atoms with van der Waals surface area (Å²) in [6, 6.07) is 10.7. The molecule has 1 aromatic carbocycles. The van der Waals surface area contributed by atoms with Crippen molar-refractivity contribution in [2.24, 2.45) is 0 Å². The van der Waals surface area contributed by atoms with Gasteiger partial charge in [-0.15, -0.1) is 0 Å². The Morgan fingerprint density at radius 1 is 0.963 bits per heavy atom. The molecule has 0 unspecified atom stereocenters. The molecule has 0 spiro atoms. The maximum atomic E-state index is 12.3. The fourth-order valence-corrected chi connectivity index (χ4v) is 2.30. The van der Waals surface area contributed by atoms with Gasteiger partial charge in [0, 0.05) is 37.2 Å². The average molecular weight is 362 g/mol. The van der Waals surface area contributed by atoms with Crippen LogP contribution >= 0.6 is 0 Å². The van der Waals surface area contributed by atoms with Crippen LogP contribution < -0.4 is 16.0 Å². The molecule has 2 heterocycles. The third-order valence-corrected chi connectivity index (χ3v) is 3.52. The van der Waals surface area contributed by atoms with Crippen molar-refractivity contribution in [1.82, 2.24) is 15.0 Å². The first-order valence-corrected chi connectivity index (χ1v) is 8.24. The second kappa shape index (κ2) is 8.52. The Hall–Kier alpha value is -3.81. The number of pyridine rings is 1. The molecular weight excluding hydrogens is 344 g/mol. The van der Waals surface area contributed by atoms with E-state index in [9.17, 15) is 9.59 Å². The summed E-state index contributed by atoms with van der Waals surface area (Å²) in [5.74, 6) is -0.0111. The number of amides is 2. The minimum Gasteiger partial charge on any atom is -0.365 e. The minimum absolute atomic E-state index is 0.182. The Kier molecular flexibility index (Phi) is 5.68. The van der Waals surface area contributed by atoms with E-state index in [4.69, 9.17) is 0 Å². The van der Waals surface area contributed by atoms with Gasteiger partial charge in [-0.05, 0) is 29.8 Å². The van der Waals surface area contributed by atoms with Crippen molar-refractivity contribution in [3.63, 3.8) is 0 Å². The standard InChI is InChI=1S/C19H18N6O2/c1-13(26)24-15-5-2-6-16(8-15)25-19(27)17-11-23-18(12-21-17)22-10-14-4-3-7-20-9-14/h2-9,11-12H,10H2,1H3,(H,22,23)(H,24,26)(H,25,27). The van der Waals surface area contributed by atoms with Crippen LogP contribution in [-0.2, 0) is 11.3 Å². The summed E-state index contributed by atoms with van der Waals surface area (Å²) in [5.41, 5.74) is 2.35. The Bertz CT molecular complexity index is 928. The van der Waals surface area contributed by atoms with Crippen LogP contribution in [0.25, 0.3) is 0 Å². The maximum absolute atomic E-state index is 12.3. The van der Waals surface area contributed by atoms with Gasteiger partial charge in [0.1, 0.15) is 11.5 Å². The third-order valence-electron chi connectivity index (χ3n) is 3.52. The van der Waals surface area contributed by atoms with Gasteiger partial charge < -0.3 is 16.0 Å². The quantitative estimate of drug-likeness (QED) is 0.622. The van der Waals surface area contributed by atoms with E-state index in [0.717, 1.165) is 5.56 Å². The number of benzene rings is 1. The van der Waals surface area contributed by atoms with Crippen LogP contribution in [0.5, 0.6) is 0 Å². The van der Waals surface area contributed by atoms with Crippen LogP contribution in [0.2, 0.25) is 0 Å². The molecule has 0 radical (unpaired) electrons. The van der Waals surface area contributed by atoms with E-state index in [1.165, 1.54) is 19.3 Å². The maximum Gasteiger partial charge on any atom is 0.275 e. The largest absolute Gasteiger partial charge is 0.365 e. The van der Waals surface area contributed by atoms with Crippen LogP contribution in [0.4, 0.5) is 17.2 Å². The third kappa shape index (κ3) is 5.33. The smallest absolute Gasteiger partial charge is 0.275 e. The monoisotopic (exact) mass is 362 g/mol.